The number of nitrogens with one attached hydrogen (secondary N) is 17. The molecule has 0 radical (unpaired) electrons. The van der Waals surface area contributed by atoms with Gasteiger partial charge in [-0.05, 0) is 92.1 Å². The van der Waals surface area contributed by atoms with Crippen LogP contribution in [0.1, 0.15) is 88.2 Å². The molecule has 0 saturated heterocycles. The standard InChI is InChI=1S/C81H105N19O21S2/c1-41(2)67(99-75(115)59(30-48-34-85-54-20-12-10-18-52(48)54)93-74(114)61(32-65(105)106)90-69(109)42(3)88-78(118)63(38-122)97-77(117)62(37-101)96-71(111)55(89-44(5)103)21-13-14-26-82)80(120)98-64(39-123)79(119)91-57(28-46-22-24-50(104)25-23-46)72(112)92-58(29-47-33-84-53-19-11-9-17-51(47)53)73(113)94-60(31-49-35-83-40-87-49)76(116)100-68(43(4)102)81(121)95-56(70(110)86-36-66(107)108)27-45-15-7-6-8-16-45/h6-12,15-20,22-25,33-35,40-43,55-64,67-68,84-85,101-102,104,122-123H,13-14,21,26-32,36-39,82H2,1-5H3,(H,83,87)(H,86,110)(H,88,118)(H,89,103)(H,90,109)(H,91,119)(H,92,112)(H,93,114)(H,94,113)(H,95,121)(H,96,111)(H,97,117)(H,98,120)(H,99,115)(H,100,116)(H,105,106)(H,107,108)/t42-,43+,55+,56-,57-,58-,59-,60-,61-,62-,63-,64-,67-,68-/m0/s1. The maximum absolute atomic E-state index is 15.2. The number of phenols is 1. The number of amides is 14. The SMILES string of the molecule is CC(=O)N[C@H](CCCCN)C(=O)N[C@@H](CO)C(=O)N[C@@H](CS)C(=O)N[C@@H](C)C(=O)N[C@@H](CC(=O)O)C(=O)N[C@@H](Cc1c[nH]c2ccccc12)C(=O)N[C@H](C(=O)N[C@@H](CS)C(=O)N[C@@H](Cc1ccc(O)cc1)C(=O)N[C@@H](Cc1c[nH]c2ccccc12)C(=O)N[C@@H](Cc1cnc[nH]1)C(=O)N[C@H](C(=O)N[C@@H](Cc1ccccc1)C(=O)NCC(=O)O)[C@@H](C)O)C(C)C. The van der Waals surface area contributed by atoms with Gasteiger partial charge in [0.05, 0.1) is 25.5 Å². The van der Waals surface area contributed by atoms with Crippen LogP contribution in [0.5, 0.6) is 5.75 Å². The second-order valence-electron chi connectivity index (χ2n) is 29.5. The maximum Gasteiger partial charge on any atom is 0.322 e. The molecule has 0 spiro atoms. The summed E-state index contributed by atoms with van der Waals surface area (Å²) in [5.41, 5.74) is 8.87. The molecule has 0 fully saturated rings. The number of rotatable bonds is 49. The van der Waals surface area contributed by atoms with Crippen molar-refractivity contribution >= 4 is 142 Å². The minimum Gasteiger partial charge on any atom is -0.508 e. The number of aliphatic carboxylic acids is 2. The van der Waals surface area contributed by atoms with E-state index < -0.39 is 216 Å². The van der Waals surface area contributed by atoms with E-state index in [0.717, 1.165) is 6.92 Å². The van der Waals surface area contributed by atoms with Crippen molar-refractivity contribution in [2.75, 3.05) is 31.2 Å². The van der Waals surface area contributed by atoms with E-state index in [1.807, 2.05) is 0 Å². The fourth-order valence-corrected chi connectivity index (χ4v) is 13.5. The molecule has 0 aliphatic carbocycles. The third-order valence-electron chi connectivity index (χ3n) is 19.6. The number of aliphatic hydroxyl groups excluding tert-OH is 2. The quantitative estimate of drug-likeness (QED) is 0.0131. The van der Waals surface area contributed by atoms with Crippen molar-refractivity contribution in [3.8, 4) is 5.75 Å². The number of para-hydroxylation sites is 2. The zero-order valence-corrected chi connectivity index (χ0v) is 69.7. The number of aliphatic hydroxyl groups is 2. The lowest BCUT2D eigenvalue weighted by molar-refractivity contribution is -0.141. The summed E-state index contributed by atoms with van der Waals surface area (Å²) in [7, 11) is 0. The van der Waals surface area contributed by atoms with Gasteiger partial charge in [0.2, 0.25) is 82.7 Å². The van der Waals surface area contributed by atoms with E-state index in [1.165, 1.54) is 64.5 Å². The highest BCUT2D eigenvalue weighted by Gasteiger charge is 2.40. The molecule has 40 nitrogen and oxygen atoms in total. The Kier molecular flexibility index (Phi) is 37.9. The fourth-order valence-electron chi connectivity index (χ4n) is 13.0. The van der Waals surface area contributed by atoms with Crippen LogP contribution in [0, 0.1) is 5.92 Å². The molecule has 0 bridgehead atoms. The Morgan fingerprint density at radius 3 is 1.35 bits per heavy atom. The normalized spacial score (nSPS) is 14.6. The molecule has 7 rings (SSSR count). The Labute approximate surface area is 716 Å². The number of carbonyl (C=O) groups excluding carboxylic acids is 14. The molecule has 0 aliphatic rings. The van der Waals surface area contributed by atoms with Gasteiger partial charge in [-0.3, -0.25) is 76.7 Å². The molecular formula is C81H105N19O21S2. The molecule has 14 atom stereocenters. The number of aromatic hydroxyl groups is 1. The van der Waals surface area contributed by atoms with Gasteiger partial charge in [0.25, 0.3) is 0 Å². The Bertz CT molecular complexity index is 4840. The highest BCUT2D eigenvalue weighted by Crippen LogP contribution is 2.23. The first-order valence-electron chi connectivity index (χ1n) is 39.3. The molecule has 14 amide bonds. The topological polar surface area (TPSA) is 629 Å². The third kappa shape index (κ3) is 30.0. The van der Waals surface area contributed by atoms with Gasteiger partial charge in [0.1, 0.15) is 90.8 Å². The number of benzene rings is 4. The minimum atomic E-state index is -1.98. The molecule has 662 valence electrons. The summed E-state index contributed by atoms with van der Waals surface area (Å²) in [5, 5.41) is 86.8. The van der Waals surface area contributed by atoms with Gasteiger partial charge in [-0.2, -0.15) is 25.3 Å². The van der Waals surface area contributed by atoms with Gasteiger partial charge >= 0.3 is 11.9 Å². The monoisotopic (exact) mass is 1740 g/mol. The summed E-state index contributed by atoms with van der Waals surface area (Å²) < 4.78 is 0. The first-order valence-corrected chi connectivity index (χ1v) is 40.6. The van der Waals surface area contributed by atoms with E-state index in [-0.39, 0.29) is 50.0 Å². The largest absolute Gasteiger partial charge is 0.508 e. The van der Waals surface area contributed by atoms with E-state index >= 15 is 9.59 Å². The summed E-state index contributed by atoms with van der Waals surface area (Å²) in [4.78, 5) is 235. The number of H-pyrrole nitrogens is 3. The van der Waals surface area contributed by atoms with Crippen LogP contribution in [0.4, 0.5) is 0 Å². The summed E-state index contributed by atoms with van der Waals surface area (Å²) >= 11 is 8.56. The van der Waals surface area contributed by atoms with Gasteiger partial charge < -0.3 is 121 Å². The number of carboxylic acid groups (broad SMARTS) is 2. The second kappa shape index (κ2) is 47.9. The van der Waals surface area contributed by atoms with Crippen molar-refractivity contribution in [1.82, 2.24) is 94.4 Å². The van der Waals surface area contributed by atoms with Crippen molar-refractivity contribution in [2.45, 2.75) is 177 Å². The van der Waals surface area contributed by atoms with Crippen molar-refractivity contribution in [2.24, 2.45) is 11.7 Å². The molecule has 0 aliphatic heterocycles. The van der Waals surface area contributed by atoms with Crippen molar-refractivity contribution < 1.29 is 102 Å². The molecule has 4 aromatic carbocycles. The van der Waals surface area contributed by atoms with Gasteiger partial charge in [-0.15, -0.1) is 0 Å². The van der Waals surface area contributed by atoms with Gasteiger partial charge in [0, 0.05) is 96.6 Å². The fraction of sp³-hybridized carbons (Fsp3) is 0.420. The molecule has 123 heavy (non-hydrogen) atoms. The van der Waals surface area contributed by atoms with Crippen LogP contribution in [0.3, 0.4) is 0 Å². The van der Waals surface area contributed by atoms with E-state index in [9.17, 15) is 92.7 Å². The molecule has 3 aromatic heterocycles. The molecule has 0 saturated carbocycles. The molecular weight excluding hydrogens is 1640 g/mol. The molecule has 0 unspecified atom stereocenters. The number of fused-ring (bicyclic) bond motifs is 2. The van der Waals surface area contributed by atoms with Crippen LogP contribution in [0.15, 0.2) is 128 Å². The number of carbonyl (C=O) groups is 16. The number of nitrogens with zero attached hydrogens (tertiary/aromatic N) is 1. The first-order chi connectivity index (χ1) is 58.6. The Balaban J connectivity index is 1.10. The zero-order chi connectivity index (χ0) is 90.1. The number of aromatic nitrogens is 4. The summed E-state index contributed by atoms with van der Waals surface area (Å²) in [6.45, 7) is 5.10. The number of aromatic amines is 3. The average molecular weight is 1740 g/mol. The van der Waals surface area contributed by atoms with E-state index in [4.69, 9.17) is 5.73 Å². The number of nitrogens with two attached hydrogens (primary N) is 1. The maximum atomic E-state index is 15.2. The molecule has 24 N–H and O–H groups in total. The smallest absolute Gasteiger partial charge is 0.322 e. The number of thiol groups is 2. The van der Waals surface area contributed by atoms with E-state index in [2.05, 4.69) is 120 Å². The number of hydrogen-bond donors (Lipinski definition) is 25. The van der Waals surface area contributed by atoms with E-state index in [1.54, 1.807) is 91.3 Å². The number of unbranched alkanes of at least 4 members (excludes halogenated alkanes) is 1. The number of hydrogen-bond acceptors (Lipinski definition) is 23. The van der Waals surface area contributed by atoms with Crippen molar-refractivity contribution in [3.05, 3.63) is 156 Å². The lowest BCUT2D eigenvalue weighted by Crippen LogP contribution is -2.62. The second-order valence-corrected chi connectivity index (χ2v) is 30.2. The van der Waals surface area contributed by atoms with Gasteiger partial charge in [0.15, 0.2) is 0 Å². The zero-order valence-electron chi connectivity index (χ0n) is 67.9. The minimum absolute atomic E-state index is 0.140. The average Bonchev–Trinajstić information content (AvgIpc) is 1.70. The predicted molar refractivity (Wildman–Crippen MR) is 452 cm³/mol. The van der Waals surface area contributed by atoms with Crippen LogP contribution in [0.2, 0.25) is 0 Å². The molecule has 3 heterocycles. The molecule has 7 aromatic rings. The third-order valence-corrected chi connectivity index (χ3v) is 20.3. The summed E-state index contributed by atoms with van der Waals surface area (Å²) in [6, 6.07) is 6.69. The van der Waals surface area contributed by atoms with Crippen LogP contribution in [-0.2, 0) is 109 Å². The molecule has 42 heteroatoms. The van der Waals surface area contributed by atoms with Crippen LogP contribution in [-0.4, -0.2) is 256 Å². The highest BCUT2D eigenvalue weighted by molar-refractivity contribution is 7.80. The number of phenolic OH excluding ortho intramolecular Hbond substituents is 1. The summed E-state index contributed by atoms with van der Waals surface area (Å²) in [6.07, 6.45) is 2.54. The van der Waals surface area contributed by atoms with Crippen LogP contribution < -0.4 is 80.2 Å². The van der Waals surface area contributed by atoms with Crippen LogP contribution in [0.25, 0.3) is 21.8 Å². The van der Waals surface area contributed by atoms with Crippen molar-refractivity contribution in [3.63, 3.8) is 0 Å². The highest BCUT2D eigenvalue weighted by atomic mass is 32.1. The number of carboxylic acids is 2. The van der Waals surface area contributed by atoms with Crippen molar-refractivity contribution in [1.29, 1.82) is 0 Å². The lowest BCUT2D eigenvalue weighted by atomic mass is 9.99. The van der Waals surface area contributed by atoms with E-state index in [0.29, 0.717) is 63.4 Å². The van der Waals surface area contributed by atoms with Gasteiger partial charge in [-0.25, -0.2) is 4.98 Å². The first kappa shape index (κ1) is 97.2. The van der Waals surface area contributed by atoms with Gasteiger partial charge in [-0.1, -0.05) is 92.7 Å². The lowest BCUT2D eigenvalue weighted by Gasteiger charge is -2.29. The Morgan fingerprint density at radius 2 is 0.854 bits per heavy atom. The Hall–Kier alpha value is -12.9. The van der Waals surface area contributed by atoms with Crippen LogP contribution >= 0.6 is 25.3 Å². The number of imidazole rings is 1. The predicted octanol–water partition coefficient (Wildman–Crippen LogP) is -3.37. The Morgan fingerprint density at radius 1 is 0.431 bits per heavy atom. The summed E-state index contributed by atoms with van der Waals surface area (Å²) in [5.74, 6) is -18.9.